The second kappa shape index (κ2) is 9.89. The number of rotatable bonds is 8. The van der Waals surface area contributed by atoms with Gasteiger partial charge in [0, 0.05) is 24.6 Å². The summed E-state index contributed by atoms with van der Waals surface area (Å²) in [6.45, 7) is 6.28. The van der Waals surface area contributed by atoms with Crippen LogP contribution >= 0.6 is 0 Å². The van der Waals surface area contributed by atoms with E-state index in [4.69, 9.17) is 13.9 Å². The van der Waals surface area contributed by atoms with Gasteiger partial charge in [-0.25, -0.2) is 4.79 Å². The number of ether oxygens (including phenoxy) is 2. The van der Waals surface area contributed by atoms with E-state index in [-0.39, 0.29) is 13.0 Å². The first-order valence-corrected chi connectivity index (χ1v) is 9.04. The number of amides is 3. The van der Waals surface area contributed by atoms with Gasteiger partial charge in [-0.05, 0) is 36.1 Å². The van der Waals surface area contributed by atoms with Crippen molar-refractivity contribution in [1.82, 2.24) is 10.6 Å². The molecule has 152 valence electrons. The standard InChI is InChI=1S/C20H26N2O6/c1-12(2)15-9-16-14(10-27-17(16)7-13(15)3)8-19(24)28-11-18(23)22-20(25)21-5-6-26-4/h7,9-10,12H,5-6,8,11H2,1-4H3,(H2,21,22,23,25). The zero-order valence-electron chi connectivity index (χ0n) is 16.6. The van der Waals surface area contributed by atoms with Crippen LogP contribution in [0.4, 0.5) is 4.79 Å². The Hall–Kier alpha value is -2.87. The molecule has 2 rings (SSSR count). The maximum absolute atomic E-state index is 12.1. The molecule has 0 radical (unpaired) electrons. The van der Waals surface area contributed by atoms with Gasteiger partial charge in [0.15, 0.2) is 6.61 Å². The van der Waals surface area contributed by atoms with Gasteiger partial charge in [-0.3, -0.25) is 14.9 Å². The number of aryl methyl sites for hydroxylation is 1. The molecule has 0 spiro atoms. The predicted molar refractivity (Wildman–Crippen MR) is 103 cm³/mol. The zero-order chi connectivity index (χ0) is 20.7. The fourth-order valence-electron chi connectivity index (χ4n) is 2.83. The highest BCUT2D eigenvalue weighted by atomic mass is 16.5. The van der Waals surface area contributed by atoms with Gasteiger partial charge in [0.1, 0.15) is 5.58 Å². The molecule has 0 bridgehead atoms. The number of carbonyl (C=O) groups excluding carboxylic acids is 3. The van der Waals surface area contributed by atoms with Crippen molar-refractivity contribution in [3.63, 3.8) is 0 Å². The number of fused-ring (bicyclic) bond motifs is 1. The van der Waals surface area contributed by atoms with E-state index in [1.165, 1.54) is 18.9 Å². The van der Waals surface area contributed by atoms with Crippen LogP contribution in [0.5, 0.6) is 0 Å². The van der Waals surface area contributed by atoms with Gasteiger partial charge < -0.3 is 19.2 Å². The lowest BCUT2D eigenvalue weighted by Gasteiger charge is -2.10. The van der Waals surface area contributed by atoms with Crippen molar-refractivity contribution in [1.29, 1.82) is 0 Å². The Morgan fingerprint density at radius 2 is 1.96 bits per heavy atom. The summed E-state index contributed by atoms with van der Waals surface area (Å²) >= 11 is 0. The number of hydrogen-bond acceptors (Lipinski definition) is 6. The Balaban J connectivity index is 1.90. The lowest BCUT2D eigenvalue weighted by molar-refractivity contribution is -0.147. The summed E-state index contributed by atoms with van der Waals surface area (Å²) in [5.41, 5.74) is 3.71. The van der Waals surface area contributed by atoms with E-state index in [1.54, 1.807) is 0 Å². The lowest BCUT2D eigenvalue weighted by Crippen LogP contribution is -2.42. The van der Waals surface area contributed by atoms with Crippen LogP contribution in [-0.4, -0.2) is 44.8 Å². The highest BCUT2D eigenvalue weighted by molar-refractivity contribution is 5.95. The number of benzene rings is 1. The largest absolute Gasteiger partial charge is 0.464 e. The summed E-state index contributed by atoms with van der Waals surface area (Å²) in [6, 6.07) is 3.31. The molecule has 3 amide bonds. The molecule has 0 aliphatic carbocycles. The Kier molecular flexibility index (Phi) is 7.57. The quantitative estimate of drug-likeness (QED) is 0.530. The van der Waals surface area contributed by atoms with Crippen molar-refractivity contribution >= 4 is 28.9 Å². The van der Waals surface area contributed by atoms with Gasteiger partial charge >= 0.3 is 12.0 Å². The number of esters is 1. The number of furan rings is 1. The van der Waals surface area contributed by atoms with Crippen molar-refractivity contribution < 1.29 is 28.3 Å². The molecule has 2 N–H and O–H groups in total. The van der Waals surface area contributed by atoms with E-state index >= 15 is 0 Å². The average molecular weight is 390 g/mol. The first kappa shape index (κ1) is 21.4. The third-order valence-corrected chi connectivity index (χ3v) is 4.21. The fourth-order valence-corrected chi connectivity index (χ4v) is 2.83. The monoisotopic (exact) mass is 390 g/mol. The van der Waals surface area contributed by atoms with Crippen LogP contribution in [-0.2, 0) is 25.5 Å². The third kappa shape index (κ3) is 5.82. The summed E-state index contributed by atoms with van der Waals surface area (Å²) in [4.78, 5) is 35.2. The van der Waals surface area contributed by atoms with E-state index in [1.807, 2.05) is 19.1 Å². The Morgan fingerprint density at radius 3 is 2.64 bits per heavy atom. The molecule has 0 fully saturated rings. The normalized spacial score (nSPS) is 10.9. The summed E-state index contributed by atoms with van der Waals surface area (Å²) in [6.07, 6.45) is 1.50. The molecule has 0 saturated heterocycles. The van der Waals surface area contributed by atoms with E-state index in [9.17, 15) is 14.4 Å². The fraction of sp³-hybridized carbons (Fsp3) is 0.450. The van der Waals surface area contributed by atoms with Crippen molar-refractivity contribution in [3.05, 3.63) is 35.1 Å². The first-order valence-electron chi connectivity index (χ1n) is 9.04. The second-order valence-electron chi connectivity index (χ2n) is 6.75. The van der Waals surface area contributed by atoms with Crippen LogP contribution in [0.1, 0.15) is 36.5 Å². The third-order valence-electron chi connectivity index (χ3n) is 4.21. The van der Waals surface area contributed by atoms with E-state index < -0.39 is 24.5 Å². The maximum atomic E-state index is 12.1. The topological polar surface area (TPSA) is 107 Å². The van der Waals surface area contributed by atoms with Crippen molar-refractivity contribution in [3.8, 4) is 0 Å². The van der Waals surface area contributed by atoms with Crippen molar-refractivity contribution in [2.45, 2.75) is 33.1 Å². The summed E-state index contributed by atoms with van der Waals surface area (Å²) < 4.78 is 15.3. The van der Waals surface area contributed by atoms with Crippen molar-refractivity contribution in [2.75, 3.05) is 26.9 Å². The van der Waals surface area contributed by atoms with Gasteiger partial charge in [-0.15, -0.1) is 0 Å². The lowest BCUT2D eigenvalue weighted by atomic mass is 9.95. The highest BCUT2D eigenvalue weighted by Gasteiger charge is 2.16. The maximum Gasteiger partial charge on any atom is 0.321 e. The Morgan fingerprint density at radius 1 is 1.21 bits per heavy atom. The van der Waals surface area contributed by atoms with E-state index in [2.05, 4.69) is 24.5 Å². The Bertz CT molecular complexity index is 856. The molecule has 8 nitrogen and oxygen atoms in total. The Labute approximate surface area is 163 Å². The molecule has 0 saturated carbocycles. The molecule has 0 aliphatic rings. The SMILES string of the molecule is COCCNC(=O)NC(=O)COC(=O)Cc1coc2cc(C)c(C(C)C)cc12. The zero-order valence-corrected chi connectivity index (χ0v) is 16.6. The van der Waals surface area contributed by atoms with Crippen LogP contribution in [0, 0.1) is 6.92 Å². The van der Waals surface area contributed by atoms with Crippen LogP contribution in [0.3, 0.4) is 0 Å². The molecule has 1 aromatic carbocycles. The number of methoxy groups -OCH3 is 1. The number of hydrogen-bond donors (Lipinski definition) is 2. The second-order valence-corrected chi connectivity index (χ2v) is 6.75. The van der Waals surface area contributed by atoms with Gasteiger partial charge in [0.05, 0.1) is 19.3 Å². The summed E-state index contributed by atoms with van der Waals surface area (Å²) in [5.74, 6) is -0.944. The smallest absolute Gasteiger partial charge is 0.321 e. The summed E-state index contributed by atoms with van der Waals surface area (Å²) in [7, 11) is 1.50. The molecular formula is C20H26N2O6. The van der Waals surface area contributed by atoms with Gasteiger partial charge in [0.25, 0.3) is 5.91 Å². The molecule has 28 heavy (non-hydrogen) atoms. The molecule has 0 atom stereocenters. The average Bonchev–Trinajstić information content (AvgIpc) is 3.00. The molecule has 8 heteroatoms. The van der Waals surface area contributed by atoms with Gasteiger partial charge in [-0.2, -0.15) is 0 Å². The molecular weight excluding hydrogens is 364 g/mol. The molecule has 2 aromatic rings. The predicted octanol–water partition coefficient (Wildman–Crippen LogP) is 2.42. The van der Waals surface area contributed by atoms with Gasteiger partial charge in [-0.1, -0.05) is 13.8 Å². The number of imide groups is 1. The van der Waals surface area contributed by atoms with E-state index in [0.717, 1.165) is 10.9 Å². The molecule has 0 unspecified atom stereocenters. The molecule has 0 aliphatic heterocycles. The molecule has 1 heterocycles. The minimum absolute atomic E-state index is 0.0269. The van der Waals surface area contributed by atoms with Crippen LogP contribution in [0.25, 0.3) is 11.0 Å². The number of nitrogens with one attached hydrogen (secondary N) is 2. The van der Waals surface area contributed by atoms with Crippen LogP contribution < -0.4 is 10.6 Å². The number of urea groups is 1. The van der Waals surface area contributed by atoms with Gasteiger partial charge in [0.2, 0.25) is 0 Å². The minimum atomic E-state index is -0.710. The van der Waals surface area contributed by atoms with Crippen LogP contribution in [0.15, 0.2) is 22.8 Å². The summed E-state index contributed by atoms with van der Waals surface area (Å²) in [5, 5.41) is 5.35. The van der Waals surface area contributed by atoms with E-state index in [0.29, 0.717) is 23.7 Å². The van der Waals surface area contributed by atoms with Crippen molar-refractivity contribution in [2.24, 2.45) is 0 Å². The first-order chi connectivity index (χ1) is 13.3. The van der Waals surface area contributed by atoms with Crippen LogP contribution in [0.2, 0.25) is 0 Å². The molecule has 1 aromatic heterocycles. The minimum Gasteiger partial charge on any atom is -0.464 e. The number of carbonyl (C=O) groups is 3. The highest BCUT2D eigenvalue weighted by Crippen LogP contribution is 2.29.